The Morgan fingerprint density at radius 1 is 0.839 bits per heavy atom. The lowest BCUT2D eigenvalue weighted by Gasteiger charge is -2.31. The first-order valence-electron chi connectivity index (χ1n) is 10.4. The van der Waals surface area contributed by atoms with Crippen LogP contribution in [0.15, 0.2) is 66.7 Å². The molecular formula is C26H29N3O2. The summed E-state index contributed by atoms with van der Waals surface area (Å²) in [6.07, 6.45) is 0. The van der Waals surface area contributed by atoms with Crippen LogP contribution < -0.4 is 14.8 Å². The number of hydrogen-bond acceptors (Lipinski definition) is 3. The third-order valence-corrected chi connectivity index (χ3v) is 6.24. The molecule has 0 atom stereocenters. The van der Waals surface area contributed by atoms with Crippen molar-refractivity contribution in [2.45, 2.75) is 25.9 Å². The van der Waals surface area contributed by atoms with E-state index in [2.05, 4.69) is 66.5 Å². The van der Waals surface area contributed by atoms with E-state index >= 15 is 0 Å². The third kappa shape index (κ3) is 3.83. The molecule has 1 heterocycles. The monoisotopic (exact) mass is 415 g/mol. The van der Waals surface area contributed by atoms with Gasteiger partial charge >= 0.3 is 0 Å². The maximum absolute atomic E-state index is 8.77. The fourth-order valence-electron chi connectivity index (χ4n) is 4.35. The normalized spacial score (nSPS) is 15.0. The molecule has 0 aromatic heterocycles. The molecule has 31 heavy (non-hydrogen) atoms. The van der Waals surface area contributed by atoms with Gasteiger partial charge in [0, 0.05) is 6.54 Å². The van der Waals surface area contributed by atoms with Gasteiger partial charge in [-0.25, -0.2) is 0 Å². The van der Waals surface area contributed by atoms with Gasteiger partial charge < -0.3 is 19.7 Å². The highest BCUT2D eigenvalue weighted by molar-refractivity contribution is 5.82. The topological polar surface area (TPSA) is 57.6 Å². The van der Waals surface area contributed by atoms with Crippen molar-refractivity contribution >= 4 is 5.96 Å². The highest BCUT2D eigenvalue weighted by Gasteiger charge is 2.43. The number of nitrogens with one attached hydrogen (secondary N) is 2. The molecule has 1 aliphatic rings. The molecular weight excluding hydrogens is 386 g/mol. The van der Waals surface area contributed by atoms with Crippen LogP contribution in [0.2, 0.25) is 0 Å². The van der Waals surface area contributed by atoms with Gasteiger partial charge in [0.1, 0.15) is 17.0 Å². The Bertz CT molecular complexity index is 1010. The zero-order chi connectivity index (χ0) is 22.0. The second-order valence-electron chi connectivity index (χ2n) is 8.06. The number of aryl methyl sites for hydroxylation is 2. The fraction of sp³-hybridized carbons (Fsp3) is 0.269. The van der Waals surface area contributed by atoms with Gasteiger partial charge in [-0.1, -0.05) is 42.5 Å². The molecule has 0 bridgehead atoms. The Morgan fingerprint density at radius 3 is 1.77 bits per heavy atom. The summed E-state index contributed by atoms with van der Waals surface area (Å²) in [5, 5.41) is 12.3. The second kappa shape index (κ2) is 8.34. The van der Waals surface area contributed by atoms with Crippen molar-refractivity contribution < 1.29 is 9.47 Å². The standard InChI is InChI=1S/C26H29N3O2/c1-18-6-5-7-19(2)24(18)16-29-17-26(28-25(29)27,20-8-12-22(30-3)13-9-20)21-10-14-23(31-4)15-11-21/h5-15H,16-17H2,1-4H3,(H2,27,28). The number of guanidine groups is 1. The molecule has 0 saturated carbocycles. The van der Waals surface area contributed by atoms with Crippen LogP contribution in [0.4, 0.5) is 0 Å². The van der Waals surface area contributed by atoms with Crippen molar-refractivity contribution in [1.29, 1.82) is 5.41 Å². The number of methoxy groups -OCH3 is 2. The Hall–Kier alpha value is -3.47. The van der Waals surface area contributed by atoms with Gasteiger partial charge in [-0.2, -0.15) is 0 Å². The summed E-state index contributed by atoms with van der Waals surface area (Å²) < 4.78 is 10.7. The number of rotatable bonds is 6. The molecule has 3 aromatic carbocycles. The smallest absolute Gasteiger partial charge is 0.192 e. The Kier molecular flexibility index (Phi) is 5.59. The molecule has 1 aliphatic heterocycles. The molecule has 0 spiro atoms. The van der Waals surface area contributed by atoms with Crippen molar-refractivity contribution in [1.82, 2.24) is 10.2 Å². The van der Waals surface area contributed by atoms with Gasteiger partial charge in [0.2, 0.25) is 0 Å². The first kappa shape index (κ1) is 20.8. The number of benzene rings is 3. The molecule has 4 rings (SSSR count). The molecule has 1 fully saturated rings. The van der Waals surface area contributed by atoms with E-state index in [9.17, 15) is 0 Å². The quantitative estimate of drug-likeness (QED) is 0.618. The summed E-state index contributed by atoms with van der Waals surface area (Å²) in [6, 6.07) is 22.5. The average molecular weight is 416 g/mol. The number of ether oxygens (including phenoxy) is 2. The molecule has 1 saturated heterocycles. The van der Waals surface area contributed by atoms with E-state index in [0.717, 1.165) is 22.6 Å². The maximum atomic E-state index is 8.77. The van der Waals surface area contributed by atoms with E-state index in [1.54, 1.807) is 14.2 Å². The summed E-state index contributed by atoms with van der Waals surface area (Å²) in [5.41, 5.74) is 5.42. The van der Waals surface area contributed by atoms with E-state index in [0.29, 0.717) is 19.0 Å². The maximum Gasteiger partial charge on any atom is 0.192 e. The summed E-state index contributed by atoms with van der Waals surface area (Å²) in [4.78, 5) is 2.11. The third-order valence-electron chi connectivity index (χ3n) is 6.24. The van der Waals surface area contributed by atoms with Crippen LogP contribution >= 0.6 is 0 Å². The molecule has 160 valence electrons. The zero-order valence-electron chi connectivity index (χ0n) is 18.5. The minimum Gasteiger partial charge on any atom is -0.497 e. The van der Waals surface area contributed by atoms with Crippen LogP contribution in [0.25, 0.3) is 0 Å². The van der Waals surface area contributed by atoms with Gasteiger partial charge in [0.05, 0.1) is 20.8 Å². The lowest BCUT2D eigenvalue weighted by molar-refractivity contribution is 0.375. The minimum absolute atomic E-state index is 0.425. The van der Waals surface area contributed by atoms with E-state index in [-0.39, 0.29) is 0 Å². The van der Waals surface area contributed by atoms with Crippen LogP contribution in [0.1, 0.15) is 27.8 Å². The summed E-state index contributed by atoms with van der Waals surface area (Å²) in [6.45, 7) is 5.61. The fourth-order valence-corrected chi connectivity index (χ4v) is 4.35. The highest BCUT2D eigenvalue weighted by atomic mass is 16.5. The summed E-state index contributed by atoms with van der Waals surface area (Å²) >= 11 is 0. The van der Waals surface area contributed by atoms with E-state index in [1.165, 1.54) is 16.7 Å². The van der Waals surface area contributed by atoms with Crippen molar-refractivity contribution in [3.05, 3.63) is 94.5 Å². The molecule has 2 N–H and O–H groups in total. The predicted molar refractivity (Wildman–Crippen MR) is 124 cm³/mol. The predicted octanol–water partition coefficient (Wildman–Crippen LogP) is 4.60. The van der Waals surface area contributed by atoms with Gasteiger partial charge in [0.25, 0.3) is 0 Å². The van der Waals surface area contributed by atoms with Crippen molar-refractivity contribution in [2.24, 2.45) is 0 Å². The summed E-state index contributed by atoms with van der Waals surface area (Å²) in [5.74, 6) is 2.05. The molecule has 0 amide bonds. The zero-order valence-corrected chi connectivity index (χ0v) is 18.5. The first-order chi connectivity index (χ1) is 15.0. The van der Waals surface area contributed by atoms with Crippen LogP contribution in [-0.4, -0.2) is 31.6 Å². The largest absolute Gasteiger partial charge is 0.497 e. The van der Waals surface area contributed by atoms with Crippen molar-refractivity contribution in [2.75, 3.05) is 20.8 Å². The molecule has 0 unspecified atom stereocenters. The SMILES string of the molecule is COc1ccc(C2(c3ccc(OC)cc3)CN(Cc3c(C)cccc3C)C(=N)N2)cc1. The number of nitrogens with zero attached hydrogens (tertiary/aromatic N) is 1. The minimum atomic E-state index is -0.535. The van der Waals surface area contributed by atoms with E-state index in [4.69, 9.17) is 14.9 Å². The van der Waals surface area contributed by atoms with E-state index in [1.807, 2.05) is 24.3 Å². The van der Waals surface area contributed by atoms with Crippen molar-refractivity contribution in [3.8, 4) is 11.5 Å². The average Bonchev–Trinajstić information content (AvgIpc) is 3.13. The van der Waals surface area contributed by atoms with Crippen molar-refractivity contribution in [3.63, 3.8) is 0 Å². The molecule has 0 aliphatic carbocycles. The second-order valence-corrected chi connectivity index (χ2v) is 8.06. The van der Waals surface area contributed by atoms with Gasteiger partial charge in [-0.05, 0) is 65.9 Å². The Balaban J connectivity index is 1.75. The van der Waals surface area contributed by atoms with E-state index < -0.39 is 5.54 Å². The van der Waals surface area contributed by atoms with Crippen LogP contribution in [-0.2, 0) is 12.1 Å². The van der Waals surface area contributed by atoms with Gasteiger partial charge in [0.15, 0.2) is 5.96 Å². The highest BCUT2D eigenvalue weighted by Crippen LogP contribution is 2.37. The van der Waals surface area contributed by atoms with Gasteiger partial charge in [-0.3, -0.25) is 5.41 Å². The molecule has 5 nitrogen and oxygen atoms in total. The van der Waals surface area contributed by atoms with Crippen LogP contribution in [0.3, 0.4) is 0 Å². The lowest BCUT2D eigenvalue weighted by atomic mass is 9.83. The number of hydrogen-bond donors (Lipinski definition) is 2. The Labute approximate surface area is 184 Å². The molecule has 3 aromatic rings. The molecule has 5 heteroatoms. The van der Waals surface area contributed by atoms with Gasteiger partial charge in [-0.15, -0.1) is 0 Å². The van der Waals surface area contributed by atoms with Crippen LogP contribution in [0.5, 0.6) is 11.5 Å². The lowest BCUT2D eigenvalue weighted by Crippen LogP contribution is -2.41. The Morgan fingerprint density at radius 2 is 1.32 bits per heavy atom. The summed E-state index contributed by atoms with van der Waals surface area (Å²) in [7, 11) is 3.34. The first-order valence-corrected chi connectivity index (χ1v) is 10.4. The van der Waals surface area contributed by atoms with Crippen LogP contribution in [0, 0.1) is 19.3 Å². The molecule has 0 radical (unpaired) electrons.